The summed E-state index contributed by atoms with van der Waals surface area (Å²) in [6.45, 7) is 3.67. The molecular weight excluding hydrogens is 372 g/mol. The van der Waals surface area contributed by atoms with E-state index < -0.39 is 16.1 Å². The first-order valence-corrected chi connectivity index (χ1v) is 10.4. The predicted molar refractivity (Wildman–Crippen MR) is 104 cm³/mol. The summed E-state index contributed by atoms with van der Waals surface area (Å²) in [6.07, 6.45) is 0.348. The van der Waals surface area contributed by atoms with Crippen LogP contribution in [0.1, 0.15) is 23.6 Å². The molecule has 0 aromatic heterocycles. The first-order valence-electron chi connectivity index (χ1n) is 8.45. The van der Waals surface area contributed by atoms with Crippen molar-refractivity contribution in [3.8, 4) is 0 Å². The Labute approximate surface area is 159 Å². The largest absolute Gasteiger partial charge is 0.325 e. The van der Waals surface area contributed by atoms with Crippen LogP contribution in [0.4, 0.5) is 5.69 Å². The summed E-state index contributed by atoms with van der Waals surface area (Å²) in [5.41, 5.74) is 3.40. The number of aryl methyl sites for hydroxylation is 1. The number of hydrogen-bond donors (Lipinski definition) is 1. The molecule has 1 aliphatic rings. The Hall–Kier alpha value is -1.89. The van der Waals surface area contributed by atoms with Crippen LogP contribution in [0.25, 0.3) is 0 Å². The van der Waals surface area contributed by atoms with Crippen molar-refractivity contribution in [1.29, 1.82) is 0 Å². The minimum Gasteiger partial charge on any atom is -0.325 e. The highest BCUT2D eigenvalue weighted by Crippen LogP contribution is 2.27. The molecule has 0 spiro atoms. The molecule has 1 aliphatic heterocycles. The lowest BCUT2D eigenvalue weighted by molar-refractivity contribution is -0.120. The third kappa shape index (κ3) is 3.77. The minimum atomic E-state index is -3.52. The van der Waals surface area contributed by atoms with Crippen molar-refractivity contribution in [3.05, 3.63) is 64.2 Å². The van der Waals surface area contributed by atoms with Gasteiger partial charge in [-0.15, -0.1) is 0 Å². The van der Waals surface area contributed by atoms with E-state index in [-0.39, 0.29) is 18.2 Å². The van der Waals surface area contributed by atoms with Gasteiger partial charge in [0.05, 0.1) is 5.75 Å². The van der Waals surface area contributed by atoms with Gasteiger partial charge >= 0.3 is 0 Å². The lowest BCUT2D eigenvalue weighted by Crippen LogP contribution is -2.51. The van der Waals surface area contributed by atoms with Crippen LogP contribution in [0.2, 0.25) is 5.02 Å². The van der Waals surface area contributed by atoms with E-state index in [0.717, 1.165) is 16.7 Å². The second-order valence-electron chi connectivity index (χ2n) is 6.39. The van der Waals surface area contributed by atoms with Crippen LogP contribution >= 0.6 is 11.6 Å². The lowest BCUT2D eigenvalue weighted by Gasteiger charge is -2.34. The monoisotopic (exact) mass is 392 g/mol. The van der Waals surface area contributed by atoms with Crippen molar-refractivity contribution in [2.75, 3.05) is 11.1 Å². The van der Waals surface area contributed by atoms with Gasteiger partial charge in [-0.25, -0.2) is 8.42 Å². The highest BCUT2D eigenvalue weighted by molar-refractivity contribution is 7.89. The number of benzene rings is 2. The molecule has 0 saturated carbocycles. The van der Waals surface area contributed by atoms with Gasteiger partial charge in [0.2, 0.25) is 15.9 Å². The number of nitrogens with one attached hydrogen (secondary N) is 1. The maximum atomic E-state index is 12.9. The first-order chi connectivity index (χ1) is 12.3. The van der Waals surface area contributed by atoms with Gasteiger partial charge in [0.1, 0.15) is 6.04 Å². The molecule has 1 atom stereocenters. The number of rotatable bonds is 4. The summed E-state index contributed by atoms with van der Waals surface area (Å²) >= 11 is 6.12. The molecule has 2 aromatic rings. The molecule has 0 aliphatic carbocycles. The Morgan fingerprint density at radius 3 is 2.58 bits per heavy atom. The number of amides is 1. The number of hydrogen-bond acceptors (Lipinski definition) is 3. The molecule has 1 heterocycles. The Morgan fingerprint density at radius 2 is 1.92 bits per heavy atom. The molecule has 138 valence electrons. The van der Waals surface area contributed by atoms with Crippen molar-refractivity contribution in [2.24, 2.45) is 0 Å². The van der Waals surface area contributed by atoms with Gasteiger partial charge in [-0.2, -0.15) is 4.31 Å². The highest BCUT2D eigenvalue weighted by atomic mass is 35.5. The topological polar surface area (TPSA) is 66.5 Å². The maximum absolute atomic E-state index is 12.9. The van der Waals surface area contributed by atoms with Crippen molar-refractivity contribution in [3.63, 3.8) is 0 Å². The highest BCUT2D eigenvalue weighted by Gasteiger charge is 2.37. The maximum Gasteiger partial charge on any atom is 0.243 e. The lowest BCUT2D eigenvalue weighted by atomic mass is 9.95. The van der Waals surface area contributed by atoms with E-state index in [4.69, 9.17) is 11.6 Å². The molecule has 0 radical (unpaired) electrons. The standard InChI is InChI=1S/C19H21ClN2O3S/c1-3-26(24,25)22-12-15-7-5-4-6-14(15)10-18(22)19(23)21-16-9-8-13(2)17(20)11-16/h4-9,11,18H,3,10,12H2,1-2H3,(H,21,23). The Bertz CT molecular complexity index is 944. The van der Waals surface area contributed by atoms with Crippen LogP contribution in [0, 0.1) is 6.92 Å². The van der Waals surface area contributed by atoms with Crippen molar-refractivity contribution < 1.29 is 13.2 Å². The summed E-state index contributed by atoms with van der Waals surface area (Å²) in [4.78, 5) is 12.9. The molecule has 1 unspecified atom stereocenters. The molecule has 2 aromatic carbocycles. The normalized spacial score (nSPS) is 17.6. The minimum absolute atomic E-state index is 0.0463. The number of sulfonamides is 1. The number of fused-ring (bicyclic) bond motifs is 1. The Balaban J connectivity index is 1.91. The van der Waals surface area contributed by atoms with Crippen LogP contribution in [-0.2, 0) is 27.8 Å². The molecule has 1 N–H and O–H groups in total. The zero-order valence-electron chi connectivity index (χ0n) is 14.7. The smallest absolute Gasteiger partial charge is 0.243 e. The zero-order chi connectivity index (χ0) is 18.9. The quantitative estimate of drug-likeness (QED) is 0.867. The number of carbonyl (C=O) groups is 1. The third-order valence-corrected chi connectivity index (χ3v) is 6.90. The first kappa shape index (κ1) is 18.9. The fourth-order valence-electron chi connectivity index (χ4n) is 3.08. The van der Waals surface area contributed by atoms with Gasteiger partial charge in [0.15, 0.2) is 0 Å². The third-order valence-electron chi connectivity index (χ3n) is 4.67. The summed E-state index contributed by atoms with van der Waals surface area (Å²) in [7, 11) is -3.52. The van der Waals surface area contributed by atoms with E-state index in [2.05, 4.69) is 5.32 Å². The van der Waals surface area contributed by atoms with E-state index in [9.17, 15) is 13.2 Å². The predicted octanol–water partition coefficient (Wildman–Crippen LogP) is 3.36. The molecule has 7 heteroatoms. The molecule has 0 saturated heterocycles. The van der Waals surface area contributed by atoms with Gasteiger partial charge in [-0.1, -0.05) is 41.9 Å². The average Bonchev–Trinajstić information content (AvgIpc) is 2.63. The number of nitrogens with zero attached hydrogens (tertiary/aromatic N) is 1. The Kier molecular flexibility index (Phi) is 5.37. The molecule has 5 nitrogen and oxygen atoms in total. The summed E-state index contributed by atoms with van der Waals surface area (Å²) < 4.78 is 26.4. The molecule has 0 fully saturated rings. The van der Waals surface area contributed by atoms with Crippen LogP contribution in [0.3, 0.4) is 0 Å². The van der Waals surface area contributed by atoms with Crippen LogP contribution in [0.15, 0.2) is 42.5 Å². The van der Waals surface area contributed by atoms with Crippen molar-refractivity contribution in [1.82, 2.24) is 4.31 Å². The Morgan fingerprint density at radius 1 is 1.23 bits per heavy atom. The molecule has 0 bridgehead atoms. The van der Waals surface area contributed by atoms with E-state index in [0.29, 0.717) is 17.1 Å². The van der Waals surface area contributed by atoms with Gasteiger partial charge in [0.25, 0.3) is 0 Å². The van der Waals surface area contributed by atoms with E-state index in [1.807, 2.05) is 37.3 Å². The number of halogens is 1. The van der Waals surface area contributed by atoms with Crippen LogP contribution in [-0.4, -0.2) is 30.4 Å². The molecule has 3 rings (SSSR count). The SMILES string of the molecule is CCS(=O)(=O)N1Cc2ccccc2CC1C(=O)Nc1ccc(C)c(Cl)c1. The summed E-state index contributed by atoms with van der Waals surface area (Å²) in [5, 5.41) is 3.36. The van der Waals surface area contributed by atoms with Crippen LogP contribution < -0.4 is 5.32 Å². The van der Waals surface area contributed by atoms with Crippen LogP contribution in [0.5, 0.6) is 0 Å². The second kappa shape index (κ2) is 7.39. The van der Waals surface area contributed by atoms with Gasteiger partial charge in [0, 0.05) is 17.3 Å². The summed E-state index contributed by atoms with van der Waals surface area (Å²) in [6, 6.07) is 12.1. The fourth-order valence-corrected chi connectivity index (χ4v) is 4.48. The van der Waals surface area contributed by atoms with Gasteiger partial charge in [-0.3, -0.25) is 4.79 Å². The van der Waals surface area contributed by atoms with E-state index in [1.54, 1.807) is 19.1 Å². The van der Waals surface area contributed by atoms with E-state index in [1.165, 1.54) is 4.31 Å². The number of anilines is 1. The number of carbonyl (C=O) groups excluding carboxylic acids is 1. The molecule has 1 amide bonds. The zero-order valence-corrected chi connectivity index (χ0v) is 16.3. The average molecular weight is 393 g/mol. The molecule has 26 heavy (non-hydrogen) atoms. The van der Waals surface area contributed by atoms with E-state index >= 15 is 0 Å². The fraction of sp³-hybridized carbons (Fsp3) is 0.316. The van der Waals surface area contributed by atoms with Gasteiger partial charge < -0.3 is 5.32 Å². The molecular formula is C19H21ClN2O3S. The van der Waals surface area contributed by atoms with Crippen molar-refractivity contribution >= 4 is 33.2 Å². The van der Waals surface area contributed by atoms with Crippen molar-refractivity contribution in [2.45, 2.75) is 32.9 Å². The second-order valence-corrected chi connectivity index (χ2v) is 9.01. The summed E-state index contributed by atoms with van der Waals surface area (Å²) in [5.74, 6) is -0.397. The van der Waals surface area contributed by atoms with Gasteiger partial charge in [-0.05, 0) is 49.1 Å².